The molecule has 0 saturated carbocycles. The van der Waals surface area contributed by atoms with Gasteiger partial charge < -0.3 is 19.6 Å². The highest BCUT2D eigenvalue weighted by molar-refractivity contribution is 5.68. The van der Waals surface area contributed by atoms with Crippen LogP contribution in [0.2, 0.25) is 0 Å². The number of aromatic nitrogens is 2. The summed E-state index contributed by atoms with van der Waals surface area (Å²) in [4.78, 5) is 4.65. The number of ether oxygens (including phenoxy) is 2. The number of hydrogen-bond acceptors (Lipinski definition) is 4. The topological polar surface area (TPSA) is 61.8 Å². The Hall–Kier alpha value is -2.69. The molecule has 1 aromatic carbocycles. The standard InChI is InChI=1S/C18H21N3O2/c1-4-23-15-6-5-13(10-16(15)22-3)9-14-11-21-8-7-12(2)17(19)18(21)20-14/h5-8,10-11H,4,9,19H2,1-3H3. The quantitative estimate of drug-likeness (QED) is 0.786. The molecule has 0 atom stereocenters. The third-order valence-electron chi connectivity index (χ3n) is 3.85. The third kappa shape index (κ3) is 2.95. The highest BCUT2D eigenvalue weighted by atomic mass is 16.5. The van der Waals surface area contributed by atoms with Crippen LogP contribution in [0.4, 0.5) is 5.69 Å². The van der Waals surface area contributed by atoms with Crippen molar-refractivity contribution in [1.29, 1.82) is 0 Å². The van der Waals surface area contributed by atoms with E-state index in [1.807, 2.05) is 54.9 Å². The van der Waals surface area contributed by atoms with E-state index < -0.39 is 0 Å². The van der Waals surface area contributed by atoms with Crippen molar-refractivity contribution in [1.82, 2.24) is 9.38 Å². The highest BCUT2D eigenvalue weighted by Gasteiger charge is 2.10. The van der Waals surface area contributed by atoms with E-state index in [-0.39, 0.29) is 0 Å². The van der Waals surface area contributed by atoms with Gasteiger partial charge in [-0.15, -0.1) is 0 Å². The lowest BCUT2D eigenvalue weighted by atomic mass is 10.1. The number of methoxy groups -OCH3 is 1. The number of anilines is 1. The van der Waals surface area contributed by atoms with Gasteiger partial charge in [-0.3, -0.25) is 0 Å². The van der Waals surface area contributed by atoms with Gasteiger partial charge in [0.05, 0.1) is 25.1 Å². The van der Waals surface area contributed by atoms with Crippen molar-refractivity contribution >= 4 is 11.3 Å². The molecule has 2 N–H and O–H groups in total. The number of benzene rings is 1. The first-order valence-corrected chi connectivity index (χ1v) is 7.64. The highest BCUT2D eigenvalue weighted by Crippen LogP contribution is 2.29. The van der Waals surface area contributed by atoms with Crippen molar-refractivity contribution in [2.75, 3.05) is 19.5 Å². The number of rotatable bonds is 5. The maximum atomic E-state index is 6.10. The molecule has 0 saturated heterocycles. The van der Waals surface area contributed by atoms with Crippen LogP contribution in [0.5, 0.6) is 11.5 Å². The zero-order valence-corrected chi connectivity index (χ0v) is 13.7. The van der Waals surface area contributed by atoms with Crippen LogP contribution < -0.4 is 15.2 Å². The minimum Gasteiger partial charge on any atom is -0.493 e. The van der Waals surface area contributed by atoms with E-state index in [1.54, 1.807) is 7.11 Å². The van der Waals surface area contributed by atoms with Crippen LogP contribution in [0.15, 0.2) is 36.7 Å². The predicted octanol–water partition coefficient (Wildman–Crippen LogP) is 3.22. The van der Waals surface area contributed by atoms with Gasteiger partial charge in [0, 0.05) is 18.8 Å². The number of nitrogen functional groups attached to an aromatic ring is 1. The molecule has 2 aromatic heterocycles. The number of hydrogen-bond donors (Lipinski definition) is 1. The van der Waals surface area contributed by atoms with E-state index >= 15 is 0 Å². The second-order valence-corrected chi connectivity index (χ2v) is 5.47. The molecule has 3 aromatic rings. The van der Waals surface area contributed by atoms with Crippen molar-refractivity contribution in [2.45, 2.75) is 20.3 Å². The second-order valence-electron chi connectivity index (χ2n) is 5.47. The summed E-state index contributed by atoms with van der Waals surface area (Å²) in [5, 5.41) is 0. The van der Waals surface area contributed by atoms with Gasteiger partial charge >= 0.3 is 0 Å². The van der Waals surface area contributed by atoms with Crippen LogP contribution in [0.3, 0.4) is 0 Å². The average Bonchev–Trinajstić information content (AvgIpc) is 2.96. The van der Waals surface area contributed by atoms with Gasteiger partial charge in [0.15, 0.2) is 17.1 Å². The van der Waals surface area contributed by atoms with E-state index in [0.717, 1.165) is 39.7 Å². The molecule has 5 nitrogen and oxygen atoms in total. The summed E-state index contributed by atoms with van der Waals surface area (Å²) in [6, 6.07) is 7.95. The van der Waals surface area contributed by atoms with Gasteiger partial charge in [0.1, 0.15) is 0 Å². The zero-order chi connectivity index (χ0) is 16.4. The molecule has 5 heteroatoms. The first-order chi connectivity index (χ1) is 11.1. The van der Waals surface area contributed by atoms with Gasteiger partial charge in [-0.2, -0.15) is 0 Å². The van der Waals surface area contributed by atoms with E-state index in [9.17, 15) is 0 Å². The average molecular weight is 311 g/mol. The minimum absolute atomic E-state index is 0.612. The molecular formula is C18H21N3O2. The van der Waals surface area contributed by atoms with E-state index in [1.165, 1.54) is 0 Å². The minimum atomic E-state index is 0.612. The molecule has 0 fully saturated rings. The molecule has 0 radical (unpaired) electrons. The van der Waals surface area contributed by atoms with Crippen LogP contribution in [0, 0.1) is 6.92 Å². The maximum absolute atomic E-state index is 6.10. The van der Waals surface area contributed by atoms with Crippen LogP contribution in [-0.4, -0.2) is 23.1 Å². The summed E-state index contributed by atoms with van der Waals surface area (Å²) in [6.07, 6.45) is 4.70. The summed E-state index contributed by atoms with van der Waals surface area (Å²) in [5.74, 6) is 1.50. The van der Waals surface area contributed by atoms with E-state index in [4.69, 9.17) is 15.2 Å². The Morgan fingerprint density at radius 3 is 2.78 bits per heavy atom. The molecule has 23 heavy (non-hydrogen) atoms. The van der Waals surface area contributed by atoms with Crippen LogP contribution >= 0.6 is 0 Å². The predicted molar refractivity (Wildman–Crippen MR) is 91.3 cm³/mol. The summed E-state index contributed by atoms with van der Waals surface area (Å²) >= 11 is 0. The second kappa shape index (κ2) is 6.20. The fourth-order valence-corrected chi connectivity index (χ4v) is 2.61. The smallest absolute Gasteiger partial charge is 0.161 e. The van der Waals surface area contributed by atoms with Crippen molar-refractivity contribution in [3.8, 4) is 11.5 Å². The van der Waals surface area contributed by atoms with Gasteiger partial charge in [-0.25, -0.2) is 4.98 Å². The number of fused-ring (bicyclic) bond motifs is 1. The van der Waals surface area contributed by atoms with Crippen LogP contribution in [0.1, 0.15) is 23.7 Å². The van der Waals surface area contributed by atoms with Crippen molar-refractivity contribution in [2.24, 2.45) is 0 Å². The fraction of sp³-hybridized carbons (Fsp3) is 0.278. The molecular weight excluding hydrogens is 290 g/mol. The molecule has 0 aliphatic heterocycles. The first kappa shape index (κ1) is 15.2. The summed E-state index contributed by atoms with van der Waals surface area (Å²) in [5.41, 5.74) is 10.8. The SMILES string of the molecule is CCOc1ccc(Cc2cn3ccc(C)c(N)c3n2)cc1OC. The largest absolute Gasteiger partial charge is 0.493 e. The number of nitrogens with two attached hydrogens (primary N) is 1. The number of aryl methyl sites for hydroxylation is 1. The fourth-order valence-electron chi connectivity index (χ4n) is 2.61. The molecule has 0 aliphatic carbocycles. The maximum Gasteiger partial charge on any atom is 0.161 e. The Morgan fingerprint density at radius 2 is 2.04 bits per heavy atom. The monoisotopic (exact) mass is 311 g/mol. The normalized spacial score (nSPS) is 10.9. The lowest BCUT2D eigenvalue weighted by Crippen LogP contribution is -1.97. The Morgan fingerprint density at radius 1 is 1.22 bits per heavy atom. The summed E-state index contributed by atoms with van der Waals surface area (Å²) in [7, 11) is 1.65. The van der Waals surface area contributed by atoms with Gasteiger partial charge in [0.25, 0.3) is 0 Å². The summed E-state index contributed by atoms with van der Waals surface area (Å²) < 4.78 is 12.9. The Balaban J connectivity index is 1.91. The van der Waals surface area contributed by atoms with Crippen molar-refractivity contribution in [3.05, 3.63) is 53.5 Å². The van der Waals surface area contributed by atoms with Crippen LogP contribution in [0.25, 0.3) is 5.65 Å². The third-order valence-corrected chi connectivity index (χ3v) is 3.85. The molecule has 120 valence electrons. The number of pyridine rings is 1. The lowest BCUT2D eigenvalue weighted by Gasteiger charge is -2.10. The molecule has 3 rings (SSSR count). The van der Waals surface area contributed by atoms with Gasteiger partial charge in [-0.1, -0.05) is 6.07 Å². The Bertz CT molecular complexity index is 840. The van der Waals surface area contributed by atoms with Gasteiger partial charge in [-0.05, 0) is 43.2 Å². The lowest BCUT2D eigenvalue weighted by molar-refractivity contribution is 0.310. The molecule has 0 spiro atoms. The Kier molecular flexibility index (Phi) is 4.10. The molecule has 0 amide bonds. The summed E-state index contributed by atoms with van der Waals surface area (Å²) in [6.45, 7) is 4.55. The molecule has 0 unspecified atom stereocenters. The molecule has 0 bridgehead atoms. The van der Waals surface area contributed by atoms with Crippen molar-refractivity contribution in [3.63, 3.8) is 0 Å². The zero-order valence-electron chi connectivity index (χ0n) is 13.7. The van der Waals surface area contributed by atoms with Crippen molar-refractivity contribution < 1.29 is 9.47 Å². The number of imidazole rings is 1. The van der Waals surface area contributed by atoms with Crippen LogP contribution in [-0.2, 0) is 6.42 Å². The molecule has 2 heterocycles. The molecule has 0 aliphatic rings. The van der Waals surface area contributed by atoms with E-state index in [2.05, 4.69) is 4.98 Å². The van der Waals surface area contributed by atoms with Gasteiger partial charge in [0.2, 0.25) is 0 Å². The first-order valence-electron chi connectivity index (χ1n) is 7.64. The van der Waals surface area contributed by atoms with E-state index in [0.29, 0.717) is 13.0 Å². The Labute approximate surface area is 135 Å². The number of nitrogens with zero attached hydrogens (tertiary/aromatic N) is 2.